The minimum Gasteiger partial charge on any atom is -0.315 e. The Morgan fingerprint density at radius 1 is 1.06 bits per heavy atom. The predicted octanol–water partition coefficient (Wildman–Crippen LogP) is 6.43. The zero-order valence-corrected chi connectivity index (χ0v) is 22.9. The normalized spacial score (nSPS) is 11.3. The average Bonchev–Trinajstić information content (AvgIpc) is 3.21. The van der Waals surface area contributed by atoms with Crippen molar-refractivity contribution in [1.82, 2.24) is 14.7 Å². The van der Waals surface area contributed by atoms with Crippen molar-refractivity contribution < 1.29 is 9.59 Å². The number of anilines is 2. The van der Waals surface area contributed by atoms with Crippen molar-refractivity contribution in [3.05, 3.63) is 69.8 Å². The summed E-state index contributed by atoms with van der Waals surface area (Å²) in [5.41, 5.74) is 4.49. The molecule has 1 heterocycles. The molecule has 35 heavy (non-hydrogen) atoms. The third-order valence-corrected chi connectivity index (χ3v) is 6.29. The standard InChI is InChI=1S/C27H34BrN5O2/c1-7-15-32(26(35)29-21-13-11-20(28)12-14-21)17-25(34)30-24-16-23(27(4,5)6)31-33(24)22-10-8-9-18(2)19(22)3/h8-14,16H,7,15,17H2,1-6H3,(H,29,35)(H,30,34). The summed E-state index contributed by atoms with van der Waals surface area (Å²) in [4.78, 5) is 27.5. The molecule has 0 saturated carbocycles. The second-order valence-corrected chi connectivity index (χ2v) is 10.6. The Bertz CT molecular complexity index is 1200. The molecule has 1 aromatic heterocycles. The van der Waals surface area contributed by atoms with E-state index in [-0.39, 0.29) is 23.9 Å². The highest BCUT2D eigenvalue weighted by molar-refractivity contribution is 9.10. The first kappa shape index (κ1) is 26.5. The smallest absolute Gasteiger partial charge is 0.315 e. The molecule has 0 bridgehead atoms. The molecule has 8 heteroatoms. The Morgan fingerprint density at radius 2 is 1.74 bits per heavy atom. The number of hydrogen-bond acceptors (Lipinski definition) is 3. The third-order valence-electron chi connectivity index (χ3n) is 5.76. The van der Waals surface area contributed by atoms with Gasteiger partial charge in [0, 0.05) is 28.2 Å². The fourth-order valence-corrected chi connectivity index (χ4v) is 3.86. The van der Waals surface area contributed by atoms with Crippen LogP contribution in [0.4, 0.5) is 16.3 Å². The lowest BCUT2D eigenvalue weighted by molar-refractivity contribution is -0.116. The van der Waals surface area contributed by atoms with E-state index in [1.807, 2.05) is 56.3 Å². The number of nitrogens with zero attached hydrogens (tertiary/aromatic N) is 3. The van der Waals surface area contributed by atoms with Crippen molar-refractivity contribution >= 4 is 39.4 Å². The number of amides is 3. The molecule has 0 atom stereocenters. The minimum absolute atomic E-state index is 0.0704. The van der Waals surface area contributed by atoms with Gasteiger partial charge in [0.2, 0.25) is 5.91 Å². The molecular weight excluding hydrogens is 506 g/mol. The van der Waals surface area contributed by atoms with Gasteiger partial charge >= 0.3 is 6.03 Å². The molecule has 3 amide bonds. The van der Waals surface area contributed by atoms with Crippen LogP contribution in [0.1, 0.15) is 50.9 Å². The van der Waals surface area contributed by atoms with Gasteiger partial charge in [0.25, 0.3) is 0 Å². The lowest BCUT2D eigenvalue weighted by Crippen LogP contribution is -2.41. The van der Waals surface area contributed by atoms with E-state index in [9.17, 15) is 9.59 Å². The van der Waals surface area contributed by atoms with Crippen molar-refractivity contribution in [2.75, 3.05) is 23.7 Å². The highest BCUT2D eigenvalue weighted by atomic mass is 79.9. The number of urea groups is 1. The highest BCUT2D eigenvalue weighted by Crippen LogP contribution is 2.28. The van der Waals surface area contributed by atoms with E-state index in [0.717, 1.165) is 33.4 Å². The monoisotopic (exact) mass is 539 g/mol. The SMILES string of the molecule is CCCN(CC(=O)Nc1cc(C(C)(C)C)nn1-c1cccc(C)c1C)C(=O)Nc1ccc(Br)cc1. The summed E-state index contributed by atoms with van der Waals surface area (Å²) >= 11 is 3.39. The van der Waals surface area contributed by atoms with Crippen molar-refractivity contribution in [1.29, 1.82) is 0 Å². The van der Waals surface area contributed by atoms with E-state index in [1.54, 1.807) is 4.68 Å². The molecule has 0 saturated heterocycles. The van der Waals surface area contributed by atoms with Gasteiger partial charge in [-0.1, -0.05) is 55.8 Å². The summed E-state index contributed by atoms with van der Waals surface area (Å²) in [6.07, 6.45) is 0.732. The zero-order chi connectivity index (χ0) is 25.8. The molecule has 3 aromatic rings. The van der Waals surface area contributed by atoms with Gasteiger partial charge in [-0.2, -0.15) is 5.10 Å². The van der Waals surface area contributed by atoms with Gasteiger partial charge < -0.3 is 15.5 Å². The lowest BCUT2D eigenvalue weighted by Gasteiger charge is -2.22. The summed E-state index contributed by atoms with van der Waals surface area (Å²) in [5, 5.41) is 10.7. The van der Waals surface area contributed by atoms with Gasteiger partial charge in [-0.05, 0) is 61.7 Å². The van der Waals surface area contributed by atoms with Crippen LogP contribution < -0.4 is 10.6 Å². The zero-order valence-electron chi connectivity index (χ0n) is 21.3. The van der Waals surface area contributed by atoms with Crippen LogP contribution in [0.5, 0.6) is 0 Å². The number of carbonyl (C=O) groups is 2. The van der Waals surface area contributed by atoms with Gasteiger partial charge in [-0.25, -0.2) is 9.48 Å². The van der Waals surface area contributed by atoms with Gasteiger partial charge in [0.05, 0.1) is 11.4 Å². The molecule has 7 nitrogen and oxygen atoms in total. The van der Waals surface area contributed by atoms with Crippen molar-refractivity contribution in [2.24, 2.45) is 0 Å². The molecule has 0 spiro atoms. The van der Waals surface area contributed by atoms with Crippen LogP contribution in [0.2, 0.25) is 0 Å². The van der Waals surface area contributed by atoms with Crippen LogP contribution in [0.15, 0.2) is 53.0 Å². The van der Waals surface area contributed by atoms with E-state index in [4.69, 9.17) is 5.10 Å². The molecule has 2 N–H and O–H groups in total. The summed E-state index contributed by atoms with van der Waals surface area (Å²) in [6.45, 7) is 12.7. The first-order chi connectivity index (χ1) is 16.5. The van der Waals surface area contributed by atoms with E-state index < -0.39 is 0 Å². The predicted molar refractivity (Wildman–Crippen MR) is 145 cm³/mol. The van der Waals surface area contributed by atoms with Crippen molar-refractivity contribution in [3.8, 4) is 5.69 Å². The molecule has 0 fully saturated rings. The molecule has 0 unspecified atom stereocenters. The average molecular weight is 541 g/mol. The van der Waals surface area contributed by atoms with Crippen molar-refractivity contribution in [3.63, 3.8) is 0 Å². The molecule has 0 aliphatic rings. The summed E-state index contributed by atoms with van der Waals surface area (Å²) < 4.78 is 2.71. The van der Waals surface area contributed by atoms with E-state index in [0.29, 0.717) is 18.1 Å². The van der Waals surface area contributed by atoms with Crippen LogP contribution in [0.3, 0.4) is 0 Å². The second kappa shape index (κ2) is 11.1. The van der Waals surface area contributed by atoms with E-state index in [1.165, 1.54) is 4.90 Å². The van der Waals surface area contributed by atoms with E-state index in [2.05, 4.69) is 60.3 Å². The first-order valence-electron chi connectivity index (χ1n) is 11.8. The maximum absolute atomic E-state index is 13.1. The topological polar surface area (TPSA) is 79.3 Å². The fourth-order valence-electron chi connectivity index (χ4n) is 3.60. The van der Waals surface area contributed by atoms with Crippen LogP contribution in [-0.4, -0.2) is 39.7 Å². The Labute approximate surface area is 216 Å². The largest absolute Gasteiger partial charge is 0.322 e. The molecule has 3 rings (SSSR count). The second-order valence-electron chi connectivity index (χ2n) is 9.70. The van der Waals surface area contributed by atoms with E-state index >= 15 is 0 Å². The van der Waals surface area contributed by atoms with Crippen LogP contribution in [0.25, 0.3) is 5.69 Å². The number of nitrogens with one attached hydrogen (secondary N) is 2. The van der Waals surface area contributed by atoms with Gasteiger partial charge in [-0.15, -0.1) is 0 Å². The maximum atomic E-state index is 13.1. The number of aryl methyl sites for hydroxylation is 1. The molecular formula is C27H34BrN5O2. The lowest BCUT2D eigenvalue weighted by atomic mass is 9.92. The minimum atomic E-state index is -0.317. The van der Waals surface area contributed by atoms with Gasteiger partial charge in [0.1, 0.15) is 12.4 Å². The Balaban J connectivity index is 1.83. The van der Waals surface area contributed by atoms with Crippen LogP contribution >= 0.6 is 15.9 Å². The van der Waals surface area contributed by atoms with Crippen LogP contribution in [0, 0.1) is 13.8 Å². The van der Waals surface area contributed by atoms with Gasteiger partial charge in [0.15, 0.2) is 0 Å². The quantitative estimate of drug-likeness (QED) is 0.363. The third kappa shape index (κ3) is 6.72. The number of benzene rings is 2. The number of rotatable bonds is 7. The summed E-state index contributed by atoms with van der Waals surface area (Å²) in [7, 11) is 0. The molecule has 0 aliphatic heterocycles. The molecule has 0 aliphatic carbocycles. The van der Waals surface area contributed by atoms with Gasteiger partial charge in [-0.3, -0.25) is 4.79 Å². The highest BCUT2D eigenvalue weighted by Gasteiger charge is 2.23. The number of halogens is 1. The summed E-state index contributed by atoms with van der Waals surface area (Å²) in [6, 6.07) is 14.9. The number of carbonyl (C=O) groups excluding carboxylic acids is 2. The Kier molecular flexibility index (Phi) is 8.38. The number of hydrogen-bond donors (Lipinski definition) is 2. The first-order valence-corrected chi connectivity index (χ1v) is 12.6. The molecule has 2 aromatic carbocycles. The van der Waals surface area contributed by atoms with Crippen molar-refractivity contribution in [2.45, 2.75) is 53.4 Å². The number of aromatic nitrogens is 2. The Hall–Kier alpha value is -3.13. The Morgan fingerprint density at radius 3 is 2.37 bits per heavy atom. The summed E-state index contributed by atoms with van der Waals surface area (Å²) in [5.74, 6) is 0.301. The maximum Gasteiger partial charge on any atom is 0.322 e. The fraction of sp³-hybridized carbons (Fsp3) is 0.370. The molecule has 186 valence electrons. The van der Waals surface area contributed by atoms with Crippen LogP contribution in [-0.2, 0) is 10.2 Å². The molecule has 0 radical (unpaired) electrons.